The number of nitrogens with one attached hydrogen (secondary N) is 1. The number of nitrogens with zero attached hydrogens (tertiary/aromatic N) is 4. The first-order valence-electron chi connectivity index (χ1n) is 6.24. The third-order valence-corrected chi connectivity index (χ3v) is 3.99. The van der Waals surface area contributed by atoms with Gasteiger partial charge in [-0.15, -0.1) is 11.3 Å². The standard InChI is InChI=1S/C13H15N5S/c1-3-10-4-5-19-11(10)7-14-12-6-9(2)17-13-15-8-16-18(12)13/h4-6,8,14H,3,7H2,1-2H3. The van der Waals surface area contributed by atoms with Gasteiger partial charge in [0.25, 0.3) is 5.78 Å². The van der Waals surface area contributed by atoms with E-state index in [1.54, 1.807) is 15.9 Å². The maximum absolute atomic E-state index is 4.33. The van der Waals surface area contributed by atoms with E-state index >= 15 is 0 Å². The third-order valence-electron chi connectivity index (χ3n) is 3.03. The molecule has 0 fully saturated rings. The van der Waals surface area contributed by atoms with Crippen molar-refractivity contribution in [3.63, 3.8) is 0 Å². The predicted molar refractivity (Wildman–Crippen MR) is 76.5 cm³/mol. The number of fused-ring (bicyclic) bond motifs is 1. The van der Waals surface area contributed by atoms with Gasteiger partial charge in [-0.05, 0) is 30.4 Å². The molecular weight excluding hydrogens is 258 g/mol. The highest BCUT2D eigenvalue weighted by Crippen LogP contribution is 2.19. The Labute approximate surface area is 115 Å². The third kappa shape index (κ3) is 2.31. The van der Waals surface area contributed by atoms with E-state index in [1.165, 1.54) is 16.8 Å². The molecule has 0 spiro atoms. The number of hydrogen-bond acceptors (Lipinski definition) is 5. The van der Waals surface area contributed by atoms with E-state index in [1.807, 2.05) is 13.0 Å². The van der Waals surface area contributed by atoms with Gasteiger partial charge in [-0.3, -0.25) is 0 Å². The van der Waals surface area contributed by atoms with Gasteiger partial charge in [0.15, 0.2) is 0 Å². The molecule has 1 N–H and O–H groups in total. The summed E-state index contributed by atoms with van der Waals surface area (Å²) in [5.74, 6) is 1.56. The fourth-order valence-electron chi connectivity index (χ4n) is 2.06. The lowest BCUT2D eigenvalue weighted by Gasteiger charge is -2.08. The average molecular weight is 273 g/mol. The zero-order valence-corrected chi connectivity index (χ0v) is 11.7. The van der Waals surface area contributed by atoms with Gasteiger partial charge in [0, 0.05) is 16.6 Å². The lowest BCUT2D eigenvalue weighted by Crippen LogP contribution is -2.07. The van der Waals surface area contributed by atoms with Crippen LogP contribution in [0.25, 0.3) is 5.78 Å². The van der Waals surface area contributed by atoms with Crippen LogP contribution in [0, 0.1) is 6.92 Å². The van der Waals surface area contributed by atoms with Gasteiger partial charge in [0.05, 0.1) is 6.54 Å². The van der Waals surface area contributed by atoms with E-state index in [2.05, 4.69) is 38.8 Å². The van der Waals surface area contributed by atoms with E-state index < -0.39 is 0 Å². The molecular formula is C13H15N5S. The molecule has 0 aliphatic rings. The van der Waals surface area contributed by atoms with Gasteiger partial charge in [-0.1, -0.05) is 6.92 Å². The van der Waals surface area contributed by atoms with Crippen LogP contribution in [-0.4, -0.2) is 19.6 Å². The summed E-state index contributed by atoms with van der Waals surface area (Å²) in [4.78, 5) is 9.82. The van der Waals surface area contributed by atoms with E-state index in [0.29, 0.717) is 5.78 Å². The van der Waals surface area contributed by atoms with Crippen LogP contribution in [0.2, 0.25) is 0 Å². The maximum Gasteiger partial charge on any atom is 0.254 e. The molecule has 0 aliphatic heterocycles. The molecule has 0 bridgehead atoms. The van der Waals surface area contributed by atoms with Crippen molar-refractivity contribution in [1.82, 2.24) is 19.6 Å². The largest absolute Gasteiger partial charge is 0.365 e. The number of aryl methyl sites for hydroxylation is 2. The lowest BCUT2D eigenvalue weighted by molar-refractivity contribution is 0.916. The van der Waals surface area contributed by atoms with Crippen LogP contribution in [0.3, 0.4) is 0 Å². The van der Waals surface area contributed by atoms with Gasteiger partial charge >= 0.3 is 0 Å². The van der Waals surface area contributed by atoms with E-state index in [9.17, 15) is 0 Å². The van der Waals surface area contributed by atoms with Gasteiger partial charge in [0.1, 0.15) is 12.1 Å². The molecule has 98 valence electrons. The Kier molecular flexibility index (Phi) is 3.16. The normalized spacial score (nSPS) is 11.1. The van der Waals surface area contributed by atoms with Crippen molar-refractivity contribution in [2.45, 2.75) is 26.8 Å². The summed E-state index contributed by atoms with van der Waals surface area (Å²) in [5, 5.41) is 9.75. The second-order valence-electron chi connectivity index (χ2n) is 4.33. The molecule has 19 heavy (non-hydrogen) atoms. The van der Waals surface area contributed by atoms with Crippen molar-refractivity contribution < 1.29 is 0 Å². The molecule has 3 rings (SSSR count). The average Bonchev–Trinajstić information content (AvgIpc) is 3.03. The lowest BCUT2D eigenvalue weighted by atomic mass is 10.2. The zero-order chi connectivity index (χ0) is 13.2. The molecule has 3 heterocycles. The summed E-state index contributed by atoms with van der Waals surface area (Å²) in [6.45, 7) is 4.94. The number of anilines is 1. The van der Waals surface area contributed by atoms with Crippen molar-refractivity contribution in [2.75, 3.05) is 5.32 Å². The molecule has 0 saturated heterocycles. The zero-order valence-electron chi connectivity index (χ0n) is 10.9. The number of rotatable bonds is 4. The Morgan fingerprint density at radius 1 is 1.42 bits per heavy atom. The predicted octanol–water partition coefficient (Wildman–Crippen LogP) is 2.67. The van der Waals surface area contributed by atoms with Crippen molar-refractivity contribution >= 4 is 22.9 Å². The first-order chi connectivity index (χ1) is 9.28. The van der Waals surface area contributed by atoms with E-state index in [4.69, 9.17) is 0 Å². The molecule has 0 aromatic carbocycles. The second kappa shape index (κ2) is 4.97. The monoisotopic (exact) mass is 273 g/mol. The first kappa shape index (κ1) is 12.1. The molecule has 6 heteroatoms. The van der Waals surface area contributed by atoms with Crippen molar-refractivity contribution in [3.05, 3.63) is 40.0 Å². The van der Waals surface area contributed by atoms with Gasteiger partial charge in [-0.2, -0.15) is 14.6 Å². The van der Waals surface area contributed by atoms with E-state index in [0.717, 1.165) is 24.5 Å². The summed E-state index contributed by atoms with van der Waals surface area (Å²) in [5.41, 5.74) is 2.34. The summed E-state index contributed by atoms with van der Waals surface area (Å²) >= 11 is 1.78. The van der Waals surface area contributed by atoms with Crippen LogP contribution in [0.4, 0.5) is 5.82 Å². The van der Waals surface area contributed by atoms with Gasteiger partial charge in [0.2, 0.25) is 0 Å². The first-order valence-corrected chi connectivity index (χ1v) is 7.12. The Bertz CT molecular complexity index is 700. The Morgan fingerprint density at radius 2 is 2.32 bits per heavy atom. The van der Waals surface area contributed by atoms with Crippen LogP contribution in [0.1, 0.15) is 23.1 Å². The summed E-state index contributed by atoms with van der Waals surface area (Å²) in [7, 11) is 0. The minimum atomic E-state index is 0.629. The molecule has 3 aromatic rings. The van der Waals surface area contributed by atoms with Gasteiger partial charge < -0.3 is 5.32 Å². The van der Waals surface area contributed by atoms with E-state index in [-0.39, 0.29) is 0 Å². The quantitative estimate of drug-likeness (QED) is 0.794. The highest BCUT2D eigenvalue weighted by atomic mass is 32.1. The number of aromatic nitrogens is 4. The molecule has 5 nitrogen and oxygen atoms in total. The molecule has 0 aliphatic carbocycles. The number of thiophene rings is 1. The maximum atomic E-state index is 4.33. The molecule has 0 unspecified atom stereocenters. The molecule has 3 aromatic heterocycles. The van der Waals surface area contributed by atoms with Crippen molar-refractivity contribution in [3.8, 4) is 0 Å². The summed E-state index contributed by atoms with van der Waals surface area (Å²) < 4.78 is 1.73. The minimum absolute atomic E-state index is 0.629. The Hall–Kier alpha value is -1.95. The Morgan fingerprint density at radius 3 is 3.16 bits per heavy atom. The van der Waals surface area contributed by atoms with Crippen LogP contribution < -0.4 is 5.32 Å². The van der Waals surface area contributed by atoms with Crippen LogP contribution >= 0.6 is 11.3 Å². The fraction of sp³-hybridized carbons (Fsp3) is 0.308. The van der Waals surface area contributed by atoms with Crippen LogP contribution in [-0.2, 0) is 13.0 Å². The van der Waals surface area contributed by atoms with Crippen LogP contribution in [0.5, 0.6) is 0 Å². The second-order valence-corrected chi connectivity index (χ2v) is 5.33. The molecule has 0 saturated carbocycles. The molecule has 0 radical (unpaired) electrons. The Balaban J connectivity index is 1.87. The minimum Gasteiger partial charge on any atom is -0.365 e. The summed E-state index contributed by atoms with van der Waals surface area (Å²) in [6, 6.07) is 4.17. The highest BCUT2D eigenvalue weighted by Gasteiger charge is 2.07. The topological polar surface area (TPSA) is 55.1 Å². The highest BCUT2D eigenvalue weighted by molar-refractivity contribution is 7.10. The van der Waals surface area contributed by atoms with Crippen molar-refractivity contribution in [2.24, 2.45) is 0 Å². The smallest absolute Gasteiger partial charge is 0.254 e. The van der Waals surface area contributed by atoms with Crippen molar-refractivity contribution in [1.29, 1.82) is 0 Å². The van der Waals surface area contributed by atoms with Gasteiger partial charge in [-0.25, -0.2) is 4.98 Å². The molecule has 0 atom stereocenters. The molecule has 0 amide bonds. The number of hydrogen-bond donors (Lipinski definition) is 1. The SMILES string of the molecule is CCc1ccsc1CNc1cc(C)nc2ncnn12. The summed E-state index contributed by atoms with van der Waals surface area (Å²) in [6.07, 6.45) is 2.59. The van der Waals surface area contributed by atoms with Crippen LogP contribution in [0.15, 0.2) is 23.8 Å². The fourth-order valence-corrected chi connectivity index (χ4v) is 2.98.